The summed E-state index contributed by atoms with van der Waals surface area (Å²) in [5.41, 5.74) is 1.15. The first kappa shape index (κ1) is 22.0. The summed E-state index contributed by atoms with van der Waals surface area (Å²) in [6, 6.07) is 12.1. The molecule has 6 nitrogen and oxygen atoms in total. The maximum Gasteiger partial charge on any atom is 0.191 e. The van der Waals surface area contributed by atoms with Crippen LogP contribution in [-0.4, -0.2) is 46.1 Å². The van der Waals surface area contributed by atoms with E-state index in [9.17, 15) is 8.42 Å². The molecule has 0 radical (unpaired) electrons. The molecule has 1 unspecified atom stereocenters. The van der Waals surface area contributed by atoms with Gasteiger partial charge in [0.25, 0.3) is 0 Å². The highest BCUT2D eigenvalue weighted by Crippen LogP contribution is 2.29. The molecule has 0 amide bonds. The number of halogens is 1. The number of nitrogens with one attached hydrogen (secondary N) is 2. The minimum absolute atomic E-state index is 0. The Morgan fingerprint density at radius 2 is 2.00 bits per heavy atom. The lowest BCUT2D eigenvalue weighted by Gasteiger charge is -2.15. The molecular weight excluding hydrogens is 497 g/mol. The molecule has 148 valence electrons. The van der Waals surface area contributed by atoms with E-state index in [1.54, 1.807) is 25.5 Å². The van der Waals surface area contributed by atoms with Gasteiger partial charge in [-0.25, -0.2) is 8.42 Å². The monoisotopic (exact) mass is 521 g/mol. The normalized spacial score (nSPS) is 18.6. The second-order valence-electron chi connectivity index (χ2n) is 6.16. The summed E-state index contributed by atoms with van der Waals surface area (Å²) in [7, 11) is 0.448. The van der Waals surface area contributed by atoms with E-state index < -0.39 is 9.84 Å². The number of sulfone groups is 1. The van der Waals surface area contributed by atoms with Gasteiger partial charge in [0, 0.05) is 22.8 Å². The molecule has 1 aromatic carbocycles. The second kappa shape index (κ2) is 9.74. The Morgan fingerprint density at radius 1 is 1.26 bits per heavy atom. The van der Waals surface area contributed by atoms with E-state index >= 15 is 0 Å². The van der Waals surface area contributed by atoms with Gasteiger partial charge in [0.1, 0.15) is 5.75 Å². The molecule has 0 aliphatic carbocycles. The summed E-state index contributed by atoms with van der Waals surface area (Å²) < 4.78 is 28.3. The maximum atomic E-state index is 11.6. The van der Waals surface area contributed by atoms with Crippen molar-refractivity contribution in [1.29, 1.82) is 0 Å². The first-order valence-electron chi connectivity index (χ1n) is 8.40. The van der Waals surface area contributed by atoms with E-state index in [-0.39, 0.29) is 41.5 Å². The van der Waals surface area contributed by atoms with Gasteiger partial charge in [0.15, 0.2) is 15.8 Å². The first-order chi connectivity index (χ1) is 12.5. The highest BCUT2D eigenvalue weighted by molar-refractivity contribution is 14.0. The fourth-order valence-electron chi connectivity index (χ4n) is 2.85. The van der Waals surface area contributed by atoms with Crippen LogP contribution in [0.15, 0.2) is 41.4 Å². The zero-order valence-electron chi connectivity index (χ0n) is 15.3. The summed E-state index contributed by atoms with van der Waals surface area (Å²) in [5, 5.41) is 6.45. The Bertz CT molecular complexity index is 880. The summed E-state index contributed by atoms with van der Waals surface area (Å²) in [5.74, 6) is 1.90. The molecule has 1 saturated heterocycles. The Morgan fingerprint density at radius 3 is 2.59 bits per heavy atom. The van der Waals surface area contributed by atoms with E-state index in [1.165, 1.54) is 9.75 Å². The number of nitrogens with zero attached hydrogens (tertiary/aromatic N) is 1. The van der Waals surface area contributed by atoms with Crippen LogP contribution in [0.5, 0.6) is 5.75 Å². The molecule has 1 atom stereocenters. The van der Waals surface area contributed by atoms with E-state index in [0.717, 1.165) is 11.3 Å². The molecule has 2 N–H and O–H groups in total. The molecule has 1 aliphatic rings. The number of methoxy groups -OCH3 is 1. The third-order valence-corrected chi connectivity index (χ3v) is 7.17. The number of hydrogen-bond donors (Lipinski definition) is 2. The molecule has 0 spiro atoms. The van der Waals surface area contributed by atoms with Crippen molar-refractivity contribution in [2.24, 2.45) is 4.99 Å². The number of aliphatic imine (C=N–C) groups is 1. The van der Waals surface area contributed by atoms with Crippen molar-refractivity contribution in [2.45, 2.75) is 19.0 Å². The lowest BCUT2D eigenvalue weighted by Crippen LogP contribution is -2.43. The zero-order valence-corrected chi connectivity index (χ0v) is 19.2. The molecule has 0 bridgehead atoms. The van der Waals surface area contributed by atoms with Gasteiger partial charge in [0.05, 0.1) is 25.2 Å². The van der Waals surface area contributed by atoms with Crippen molar-refractivity contribution in [1.82, 2.24) is 10.6 Å². The molecule has 1 aliphatic heterocycles. The Kier molecular flexibility index (Phi) is 7.92. The number of hydrogen-bond acceptors (Lipinski definition) is 5. The van der Waals surface area contributed by atoms with Crippen LogP contribution in [0.25, 0.3) is 10.4 Å². The zero-order chi connectivity index (χ0) is 18.6. The Balaban J connectivity index is 0.00000261. The van der Waals surface area contributed by atoms with Gasteiger partial charge >= 0.3 is 0 Å². The van der Waals surface area contributed by atoms with Gasteiger partial charge in [-0.15, -0.1) is 35.3 Å². The average molecular weight is 521 g/mol. The number of thiophene rings is 1. The third kappa shape index (κ3) is 6.08. The highest BCUT2D eigenvalue weighted by atomic mass is 127. The summed E-state index contributed by atoms with van der Waals surface area (Å²) in [4.78, 5) is 6.56. The number of ether oxygens (including phenoxy) is 1. The SMILES string of the molecule is CN=C(NCc1ccc(-c2ccc(OC)cc2)s1)NC1CCS(=O)(=O)C1.I. The van der Waals surface area contributed by atoms with Crippen molar-refractivity contribution in [3.63, 3.8) is 0 Å². The maximum absolute atomic E-state index is 11.6. The molecule has 0 saturated carbocycles. The van der Waals surface area contributed by atoms with Crippen LogP contribution >= 0.6 is 35.3 Å². The summed E-state index contributed by atoms with van der Waals surface area (Å²) in [6.07, 6.45) is 0.629. The van der Waals surface area contributed by atoms with Crippen molar-refractivity contribution in [2.75, 3.05) is 25.7 Å². The number of benzene rings is 1. The first-order valence-corrected chi connectivity index (χ1v) is 11.0. The molecule has 9 heteroatoms. The van der Waals surface area contributed by atoms with E-state index in [0.29, 0.717) is 18.9 Å². The van der Waals surface area contributed by atoms with Crippen LogP contribution < -0.4 is 15.4 Å². The molecule has 1 aromatic heterocycles. The highest BCUT2D eigenvalue weighted by Gasteiger charge is 2.28. The fraction of sp³-hybridized carbons (Fsp3) is 0.389. The fourth-order valence-corrected chi connectivity index (χ4v) is 5.48. The van der Waals surface area contributed by atoms with Crippen molar-refractivity contribution in [3.05, 3.63) is 41.3 Å². The van der Waals surface area contributed by atoms with E-state index in [4.69, 9.17) is 4.74 Å². The van der Waals surface area contributed by atoms with Gasteiger partial charge in [-0.1, -0.05) is 0 Å². The van der Waals surface area contributed by atoms with Crippen LogP contribution in [0.3, 0.4) is 0 Å². The van der Waals surface area contributed by atoms with Gasteiger partial charge in [-0.3, -0.25) is 4.99 Å². The predicted octanol–water partition coefficient (Wildman–Crippen LogP) is 2.89. The molecule has 3 rings (SSSR count). The predicted molar refractivity (Wildman–Crippen MR) is 122 cm³/mol. The topological polar surface area (TPSA) is 79.8 Å². The standard InChI is InChI=1S/C18H23N3O3S2.HI/c1-19-18(21-14-9-10-26(22,23)12-14)20-11-16-7-8-17(25-16)13-3-5-15(24-2)6-4-13;/h3-8,14H,9-12H2,1-2H3,(H2,19,20,21);1H. The minimum Gasteiger partial charge on any atom is -0.497 e. The third-order valence-electron chi connectivity index (χ3n) is 4.26. The smallest absolute Gasteiger partial charge is 0.191 e. The van der Waals surface area contributed by atoms with Crippen molar-refractivity contribution >= 4 is 51.1 Å². The van der Waals surface area contributed by atoms with Gasteiger partial charge < -0.3 is 15.4 Å². The van der Waals surface area contributed by atoms with Crippen LogP contribution in [0.1, 0.15) is 11.3 Å². The molecule has 27 heavy (non-hydrogen) atoms. The molecular formula is C18H24IN3O3S2. The van der Waals surface area contributed by atoms with Gasteiger partial charge in [-0.2, -0.15) is 0 Å². The van der Waals surface area contributed by atoms with Crippen molar-refractivity contribution < 1.29 is 13.2 Å². The largest absolute Gasteiger partial charge is 0.497 e. The van der Waals surface area contributed by atoms with E-state index in [2.05, 4.69) is 27.8 Å². The lowest BCUT2D eigenvalue weighted by molar-refractivity contribution is 0.415. The summed E-state index contributed by atoms with van der Waals surface area (Å²) in [6.45, 7) is 0.639. The number of rotatable bonds is 5. The van der Waals surface area contributed by atoms with Crippen molar-refractivity contribution in [3.8, 4) is 16.2 Å². The van der Waals surface area contributed by atoms with Crippen LogP contribution in [0.2, 0.25) is 0 Å². The van der Waals surface area contributed by atoms with Crippen LogP contribution in [-0.2, 0) is 16.4 Å². The second-order valence-corrected chi connectivity index (χ2v) is 9.56. The van der Waals surface area contributed by atoms with Crippen LogP contribution in [0.4, 0.5) is 0 Å². The summed E-state index contributed by atoms with van der Waals surface area (Å²) >= 11 is 1.71. The molecule has 2 heterocycles. The number of guanidine groups is 1. The lowest BCUT2D eigenvalue weighted by atomic mass is 10.2. The quantitative estimate of drug-likeness (QED) is 0.360. The average Bonchev–Trinajstić information content (AvgIpc) is 3.25. The van der Waals surface area contributed by atoms with Crippen LogP contribution in [0, 0.1) is 0 Å². The Hall–Kier alpha value is -1.33. The van der Waals surface area contributed by atoms with E-state index in [1.807, 2.05) is 24.3 Å². The van der Waals surface area contributed by atoms with Gasteiger partial charge in [0.2, 0.25) is 0 Å². The minimum atomic E-state index is -2.90. The van der Waals surface area contributed by atoms with Gasteiger partial charge in [-0.05, 0) is 48.4 Å². The molecule has 2 aromatic rings. The molecule has 1 fully saturated rings. The Labute approximate surface area is 181 Å².